The van der Waals surface area contributed by atoms with E-state index >= 15 is 0 Å². The van der Waals surface area contributed by atoms with Crippen molar-refractivity contribution in [3.63, 3.8) is 0 Å². The molecule has 2 saturated heterocycles. The average molecular weight is 419 g/mol. The highest BCUT2D eigenvalue weighted by molar-refractivity contribution is 6.15. The minimum absolute atomic E-state index is 0.0742. The third-order valence-corrected chi connectivity index (χ3v) is 6.87. The number of hydrogen-bond donors (Lipinski definition) is 2. The number of nitrogens with zero attached hydrogens (tertiary/aromatic N) is 1. The molecular weight excluding hydrogens is 394 g/mol. The fourth-order valence-corrected chi connectivity index (χ4v) is 5.39. The van der Waals surface area contributed by atoms with Gasteiger partial charge < -0.3 is 10.1 Å². The number of methoxy groups -OCH3 is 1. The number of para-hydroxylation sites is 1. The second-order valence-electron chi connectivity index (χ2n) is 8.84. The predicted molar refractivity (Wildman–Crippen MR) is 114 cm³/mol. The summed E-state index contributed by atoms with van der Waals surface area (Å²) in [5.74, 6) is -1.34. The average Bonchev–Trinajstić information content (AvgIpc) is 3.35. The Labute approximate surface area is 180 Å². The Bertz CT molecular complexity index is 1080. The van der Waals surface area contributed by atoms with Crippen LogP contribution in [-0.2, 0) is 26.5 Å². The van der Waals surface area contributed by atoms with Crippen LogP contribution in [0.15, 0.2) is 48.5 Å². The molecule has 7 nitrogen and oxygen atoms in total. The van der Waals surface area contributed by atoms with Gasteiger partial charge in [-0.05, 0) is 29.7 Å². The minimum Gasteiger partial charge on any atom is -0.497 e. The molecular formula is C24H25N3O4. The molecule has 0 aromatic heterocycles. The molecule has 2 N–H and O–H groups in total. The number of anilines is 1. The summed E-state index contributed by atoms with van der Waals surface area (Å²) in [4.78, 5) is 41.8. The predicted octanol–water partition coefficient (Wildman–Crippen LogP) is 2.27. The summed E-state index contributed by atoms with van der Waals surface area (Å²) in [6.45, 7) is 4.20. The minimum atomic E-state index is -1.22. The van der Waals surface area contributed by atoms with Gasteiger partial charge in [-0.2, -0.15) is 0 Å². The van der Waals surface area contributed by atoms with Gasteiger partial charge in [-0.1, -0.05) is 44.2 Å². The standard InChI is InChI=1S/C24H25N3O4/c1-13(2)20-18-19(24(26-20)16-6-4-5-7-17(16)25-23(24)30)22(29)27(21(18)28)12-14-8-10-15(31-3)11-9-14/h4-11,13,18-20,26H,12H2,1-3H3,(H,25,30)/t18-,19+,20+,24-/m0/s1. The largest absolute Gasteiger partial charge is 0.497 e. The number of likely N-dealkylation sites (tertiary alicyclic amines) is 1. The van der Waals surface area contributed by atoms with E-state index in [1.165, 1.54) is 4.90 Å². The number of carbonyl (C=O) groups is 3. The lowest BCUT2D eigenvalue weighted by atomic mass is 9.76. The fraction of sp³-hybridized carbons (Fsp3) is 0.375. The first-order valence-electron chi connectivity index (χ1n) is 10.5. The molecule has 3 amide bonds. The van der Waals surface area contributed by atoms with E-state index < -0.39 is 17.4 Å². The van der Waals surface area contributed by atoms with E-state index in [4.69, 9.17) is 4.74 Å². The molecule has 4 atom stereocenters. The summed E-state index contributed by atoms with van der Waals surface area (Å²) >= 11 is 0. The van der Waals surface area contributed by atoms with Crippen molar-refractivity contribution in [3.05, 3.63) is 59.7 Å². The molecule has 2 fully saturated rings. The van der Waals surface area contributed by atoms with Crippen molar-refractivity contribution in [1.82, 2.24) is 10.2 Å². The number of ether oxygens (including phenoxy) is 1. The van der Waals surface area contributed by atoms with E-state index in [2.05, 4.69) is 10.6 Å². The third-order valence-electron chi connectivity index (χ3n) is 6.87. The maximum absolute atomic E-state index is 13.7. The van der Waals surface area contributed by atoms with Crippen molar-refractivity contribution in [2.24, 2.45) is 17.8 Å². The lowest BCUT2D eigenvalue weighted by Crippen LogP contribution is -2.53. The summed E-state index contributed by atoms with van der Waals surface area (Å²) in [5, 5.41) is 6.35. The molecule has 2 aromatic rings. The van der Waals surface area contributed by atoms with Crippen molar-refractivity contribution < 1.29 is 19.1 Å². The van der Waals surface area contributed by atoms with E-state index in [0.29, 0.717) is 11.4 Å². The number of fused-ring (bicyclic) bond motifs is 4. The van der Waals surface area contributed by atoms with Gasteiger partial charge in [0.1, 0.15) is 11.3 Å². The van der Waals surface area contributed by atoms with Crippen molar-refractivity contribution in [1.29, 1.82) is 0 Å². The van der Waals surface area contributed by atoms with Crippen molar-refractivity contribution in [3.8, 4) is 5.75 Å². The topological polar surface area (TPSA) is 87.7 Å². The van der Waals surface area contributed by atoms with Gasteiger partial charge in [-0.3, -0.25) is 24.6 Å². The maximum atomic E-state index is 13.7. The molecule has 0 aliphatic carbocycles. The number of nitrogens with one attached hydrogen (secondary N) is 2. The van der Waals surface area contributed by atoms with E-state index in [0.717, 1.165) is 11.1 Å². The summed E-state index contributed by atoms with van der Waals surface area (Å²) in [6.07, 6.45) is 0. The van der Waals surface area contributed by atoms with Crippen LogP contribution in [0.5, 0.6) is 5.75 Å². The zero-order valence-electron chi connectivity index (χ0n) is 17.7. The number of carbonyl (C=O) groups excluding carboxylic acids is 3. The second kappa shape index (κ2) is 6.92. The van der Waals surface area contributed by atoms with Crippen molar-refractivity contribution in [2.45, 2.75) is 32.0 Å². The number of imide groups is 1. The fourth-order valence-electron chi connectivity index (χ4n) is 5.39. The molecule has 3 aliphatic heterocycles. The zero-order chi connectivity index (χ0) is 21.9. The smallest absolute Gasteiger partial charge is 0.250 e. The van der Waals surface area contributed by atoms with Gasteiger partial charge in [0.25, 0.3) is 0 Å². The second-order valence-corrected chi connectivity index (χ2v) is 8.84. The molecule has 0 unspecified atom stereocenters. The molecule has 31 heavy (non-hydrogen) atoms. The summed E-state index contributed by atoms with van der Waals surface area (Å²) in [7, 11) is 1.59. The van der Waals surface area contributed by atoms with Gasteiger partial charge in [0, 0.05) is 17.3 Å². The lowest BCUT2D eigenvalue weighted by Gasteiger charge is -2.30. The third kappa shape index (κ3) is 2.66. The Morgan fingerprint density at radius 3 is 2.42 bits per heavy atom. The van der Waals surface area contributed by atoms with Crippen LogP contribution in [0.3, 0.4) is 0 Å². The number of hydrogen-bond acceptors (Lipinski definition) is 5. The number of amides is 3. The van der Waals surface area contributed by atoms with E-state index in [9.17, 15) is 14.4 Å². The van der Waals surface area contributed by atoms with Gasteiger partial charge in [0.05, 0.1) is 25.5 Å². The SMILES string of the molecule is COc1ccc(CN2C(=O)[C@@H]3[C@@H](C(C)C)N[C@]4(C(=O)Nc5ccccc54)[C@H]3C2=O)cc1. The van der Waals surface area contributed by atoms with Crippen LogP contribution in [-0.4, -0.2) is 35.8 Å². The first kappa shape index (κ1) is 19.8. The van der Waals surface area contributed by atoms with Gasteiger partial charge in [0.15, 0.2) is 0 Å². The summed E-state index contributed by atoms with van der Waals surface area (Å²) in [5.41, 5.74) is 1.04. The molecule has 0 bridgehead atoms. The monoisotopic (exact) mass is 419 g/mol. The Morgan fingerprint density at radius 2 is 1.74 bits per heavy atom. The van der Waals surface area contributed by atoms with Crippen LogP contribution in [0.4, 0.5) is 5.69 Å². The lowest BCUT2D eigenvalue weighted by molar-refractivity contribution is -0.143. The Morgan fingerprint density at radius 1 is 1.03 bits per heavy atom. The van der Waals surface area contributed by atoms with E-state index in [-0.39, 0.29) is 36.2 Å². The highest BCUT2D eigenvalue weighted by Crippen LogP contribution is 2.54. The van der Waals surface area contributed by atoms with Crippen molar-refractivity contribution in [2.75, 3.05) is 12.4 Å². The molecule has 1 spiro atoms. The van der Waals surface area contributed by atoms with Crippen LogP contribution in [0.2, 0.25) is 0 Å². The van der Waals surface area contributed by atoms with E-state index in [1.807, 2.05) is 62.4 Å². The van der Waals surface area contributed by atoms with E-state index in [1.54, 1.807) is 7.11 Å². The van der Waals surface area contributed by atoms with Crippen LogP contribution < -0.4 is 15.4 Å². The van der Waals surface area contributed by atoms with Crippen molar-refractivity contribution >= 4 is 23.4 Å². The first-order valence-corrected chi connectivity index (χ1v) is 10.5. The first-order chi connectivity index (χ1) is 14.9. The molecule has 3 aliphatic rings. The summed E-state index contributed by atoms with van der Waals surface area (Å²) < 4.78 is 5.19. The maximum Gasteiger partial charge on any atom is 0.250 e. The molecule has 2 aromatic carbocycles. The van der Waals surface area contributed by atoms with Crippen LogP contribution in [0.25, 0.3) is 0 Å². The number of rotatable bonds is 4. The Balaban J connectivity index is 1.56. The highest BCUT2D eigenvalue weighted by Gasteiger charge is 2.70. The van der Waals surface area contributed by atoms with Crippen LogP contribution in [0, 0.1) is 17.8 Å². The molecule has 160 valence electrons. The number of benzene rings is 2. The Hall–Kier alpha value is -3.19. The molecule has 5 rings (SSSR count). The molecule has 3 heterocycles. The van der Waals surface area contributed by atoms with Gasteiger partial charge in [0.2, 0.25) is 17.7 Å². The molecule has 0 radical (unpaired) electrons. The van der Waals surface area contributed by atoms with Gasteiger partial charge in [-0.25, -0.2) is 0 Å². The van der Waals surface area contributed by atoms with Crippen LogP contribution in [0.1, 0.15) is 25.0 Å². The van der Waals surface area contributed by atoms with Gasteiger partial charge >= 0.3 is 0 Å². The highest BCUT2D eigenvalue weighted by atomic mass is 16.5. The zero-order valence-corrected chi connectivity index (χ0v) is 17.7. The quantitative estimate of drug-likeness (QED) is 0.743. The molecule has 7 heteroatoms. The normalized spacial score (nSPS) is 29.0. The Kier molecular flexibility index (Phi) is 4.41. The summed E-state index contributed by atoms with van der Waals surface area (Å²) in [6, 6.07) is 14.4. The molecule has 0 saturated carbocycles. The van der Waals surface area contributed by atoms with Crippen LogP contribution >= 0.6 is 0 Å². The van der Waals surface area contributed by atoms with Gasteiger partial charge in [-0.15, -0.1) is 0 Å².